The van der Waals surface area contributed by atoms with Crippen LogP contribution < -0.4 is 5.32 Å². The van der Waals surface area contributed by atoms with Crippen molar-refractivity contribution in [2.75, 3.05) is 5.32 Å². The molecule has 0 aliphatic carbocycles. The van der Waals surface area contributed by atoms with Crippen LogP contribution in [0.25, 0.3) is 6.08 Å². The van der Waals surface area contributed by atoms with Gasteiger partial charge in [0, 0.05) is 11.9 Å². The monoisotopic (exact) mass is 396 g/mol. The van der Waals surface area contributed by atoms with Crippen LogP contribution in [-0.2, 0) is 0 Å². The average molecular weight is 396 g/mol. The number of aliphatic imine (C=N–C) groups is 1. The molecule has 0 aromatic heterocycles. The van der Waals surface area contributed by atoms with Gasteiger partial charge in [0.1, 0.15) is 0 Å². The predicted octanol–water partition coefficient (Wildman–Crippen LogP) is 0.720. The summed E-state index contributed by atoms with van der Waals surface area (Å²) >= 11 is 0. The second-order valence-electron chi connectivity index (χ2n) is 3.28. The van der Waals surface area contributed by atoms with Gasteiger partial charge in [0.25, 0.3) is 20.3 Å². The normalized spacial score (nSPS) is 9.04. The summed E-state index contributed by atoms with van der Waals surface area (Å²) in [7, 11) is 0. The molecule has 0 radical (unpaired) electrons. The summed E-state index contributed by atoms with van der Waals surface area (Å²) in [5.74, 6) is 0. The van der Waals surface area contributed by atoms with Gasteiger partial charge in [-0.3, -0.25) is 0 Å². The maximum atomic E-state index is 8.36. The summed E-state index contributed by atoms with van der Waals surface area (Å²) in [4.78, 5) is 37.4. The van der Waals surface area contributed by atoms with Crippen molar-refractivity contribution in [3.05, 3.63) is 76.5 Å². The lowest BCUT2D eigenvalue weighted by Gasteiger charge is -2.01. The first-order valence-electron chi connectivity index (χ1n) is 5.77. The third kappa shape index (κ3) is 38.8. The minimum absolute atomic E-state index is 1.10. The lowest BCUT2D eigenvalue weighted by molar-refractivity contribution is -0.742. The number of hydrogen-bond acceptors (Lipinski definition) is 10. The van der Waals surface area contributed by atoms with E-state index in [-0.39, 0.29) is 0 Å². The lowest BCUT2D eigenvalue weighted by atomic mass is 10.2. The van der Waals surface area contributed by atoms with E-state index in [0.717, 1.165) is 5.69 Å². The Labute approximate surface area is 147 Å². The zero-order valence-electron chi connectivity index (χ0n) is 12.8. The summed E-state index contributed by atoms with van der Waals surface area (Å²) in [5, 5.41) is 57.6. The van der Waals surface area contributed by atoms with Gasteiger partial charge in [-0.25, -0.2) is 4.99 Å². The molecule has 2 rings (SSSR count). The first-order chi connectivity index (χ1) is 12.4. The third-order valence-corrected chi connectivity index (χ3v) is 1.60. The zero-order valence-corrected chi connectivity index (χ0v) is 12.8. The molecule has 0 atom stereocenters. The first-order valence-corrected chi connectivity index (χ1v) is 5.77. The van der Waals surface area contributed by atoms with E-state index in [9.17, 15) is 0 Å². The molecule has 0 saturated carbocycles. The number of para-hydroxylation sites is 1. The van der Waals surface area contributed by atoms with Gasteiger partial charge in [-0.05, 0) is 17.7 Å². The van der Waals surface area contributed by atoms with E-state index in [0.29, 0.717) is 0 Å². The standard InChI is InChI=1S/C9H8N2.4HNO3/c1-2-4-9-8(3-1)5-6-10-7-11-9;4*2-1(3)4/h1-7H,(H,10,11);4*(H,2,3,4). The Kier molecular flexibility index (Phi) is 17.6. The van der Waals surface area contributed by atoms with Gasteiger partial charge in [0.05, 0.1) is 6.34 Å². The second-order valence-corrected chi connectivity index (χ2v) is 3.28. The topological polar surface area (TPSA) is 278 Å². The number of benzene rings is 1. The Bertz CT molecular complexity index is 599. The third-order valence-electron chi connectivity index (χ3n) is 1.60. The molecule has 0 amide bonds. The molecule has 27 heavy (non-hydrogen) atoms. The summed E-state index contributed by atoms with van der Waals surface area (Å²) in [6.07, 6.45) is 5.44. The van der Waals surface area contributed by atoms with Crippen molar-refractivity contribution < 1.29 is 41.2 Å². The summed E-state index contributed by atoms with van der Waals surface area (Å²) in [5.41, 5.74) is 2.27. The quantitative estimate of drug-likeness (QED) is 0.299. The summed E-state index contributed by atoms with van der Waals surface area (Å²) < 4.78 is 0. The van der Waals surface area contributed by atoms with Crippen molar-refractivity contribution in [1.29, 1.82) is 0 Å². The molecular formula is C9H12N6O12. The number of anilines is 1. The van der Waals surface area contributed by atoms with Crippen molar-refractivity contribution in [2.24, 2.45) is 4.99 Å². The molecule has 18 heteroatoms. The predicted molar refractivity (Wildman–Crippen MR) is 82.7 cm³/mol. The van der Waals surface area contributed by atoms with E-state index in [2.05, 4.69) is 10.3 Å². The SMILES string of the molecule is C1=Cc2ccccc2NC=N1.O=[N+]([O-])O.O=[N+]([O-])O.O=[N+]([O-])O.O=[N+]([O-])O. The molecule has 0 saturated heterocycles. The van der Waals surface area contributed by atoms with Crippen molar-refractivity contribution in [3.8, 4) is 0 Å². The highest BCUT2D eigenvalue weighted by molar-refractivity contribution is 5.83. The van der Waals surface area contributed by atoms with Gasteiger partial charge in [-0.2, -0.15) is 0 Å². The van der Waals surface area contributed by atoms with Crippen LogP contribution in [0.5, 0.6) is 0 Å². The van der Waals surface area contributed by atoms with Crippen molar-refractivity contribution >= 4 is 18.1 Å². The molecule has 1 aromatic rings. The molecule has 150 valence electrons. The van der Waals surface area contributed by atoms with Crippen LogP contribution in [0.15, 0.2) is 35.5 Å². The summed E-state index contributed by atoms with van der Waals surface area (Å²) in [6, 6.07) is 8.08. The highest BCUT2D eigenvalue weighted by Crippen LogP contribution is 2.16. The molecule has 18 nitrogen and oxygen atoms in total. The zero-order chi connectivity index (χ0) is 21.8. The maximum Gasteiger partial charge on any atom is 0.291 e. The fourth-order valence-corrected chi connectivity index (χ4v) is 1.05. The number of nitrogens with one attached hydrogen (secondary N) is 1. The Hall–Kier alpha value is -4.77. The van der Waals surface area contributed by atoms with E-state index < -0.39 is 20.3 Å². The van der Waals surface area contributed by atoms with Crippen LogP contribution in [0.1, 0.15) is 5.56 Å². The van der Waals surface area contributed by atoms with E-state index in [1.54, 1.807) is 12.5 Å². The molecule has 0 bridgehead atoms. The molecule has 1 aromatic carbocycles. The van der Waals surface area contributed by atoms with Gasteiger partial charge in [-0.1, -0.05) is 18.2 Å². The van der Waals surface area contributed by atoms with Gasteiger partial charge >= 0.3 is 0 Å². The highest BCUT2D eigenvalue weighted by atomic mass is 16.9. The van der Waals surface area contributed by atoms with Crippen molar-refractivity contribution in [3.63, 3.8) is 0 Å². The van der Waals surface area contributed by atoms with Crippen LogP contribution in [0.3, 0.4) is 0 Å². The van der Waals surface area contributed by atoms with E-state index in [4.69, 9.17) is 61.3 Å². The minimum atomic E-state index is -1.50. The van der Waals surface area contributed by atoms with Gasteiger partial charge in [-0.15, -0.1) is 40.5 Å². The largest absolute Gasteiger partial charge is 0.346 e. The fourth-order valence-electron chi connectivity index (χ4n) is 1.05. The van der Waals surface area contributed by atoms with Crippen molar-refractivity contribution in [1.82, 2.24) is 0 Å². The molecular weight excluding hydrogens is 384 g/mol. The molecule has 0 unspecified atom stereocenters. The van der Waals surface area contributed by atoms with Crippen LogP contribution in [0.2, 0.25) is 0 Å². The van der Waals surface area contributed by atoms with Gasteiger partial charge < -0.3 is 26.1 Å². The molecule has 1 heterocycles. The Balaban J connectivity index is -0.000000305. The second kappa shape index (κ2) is 17.6. The average Bonchev–Trinajstić information content (AvgIpc) is 2.70. The molecule has 5 N–H and O–H groups in total. The Morgan fingerprint density at radius 2 is 1.15 bits per heavy atom. The van der Waals surface area contributed by atoms with E-state index >= 15 is 0 Å². The molecule has 0 spiro atoms. The lowest BCUT2D eigenvalue weighted by Crippen LogP contribution is -1.93. The van der Waals surface area contributed by atoms with E-state index in [1.807, 2.05) is 30.3 Å². The van der Waals surface area contributed by atoms with Crippen LogP contribution >= 0.6 is 0 Å². The van der Waals surface area contributed by atoms with Crippen LogP contribution in [0, 0.1) is 40.5 Å². The van der Waals surface area contributed by atoms with Crippen molar-refractivity contribution in [2.45, 2.75) is 0 Å². The molecule has 1 aliphatic rings. The van der Waals surface area contributed by atoms with Gasteiger partial charge in [0.2, 0.25) is 0 Å². The summed E-state index contributed by atoms with van der Waals surface area (Å²) in [6.45, 7) is 0. The number of hydrogen-bond donors (Lipinski definition) is 5. The number of nitrogens with zero attached hydrogens (tertiary/aromatic N) is 5. The molecule has 1 aliphatic heterocycles. The van der Waals surface area contributed by atoms with Crippen LogP contribution in [-0.4, -0.2) is 47.5 Å². The minimum Gasteiger partial charge on any atom is -0.346 e. The Morgan fingerprint density at radius 3 is 1.56 bits per heavy atom. The molecule has 0 fully saturated rings. The number of fused-ring (bicyclic) bond motifs is 1. The van der Waals surface area contributed by atoms with Crippen LogP contribution in [0.4, 0.5) is 5.69 Å². The van der Waals surface area contributed by atoms with Gasteiger partial charge in [0.15, 0.2) is 0 Å². The maximum absolute atomic E-state index is 8.36. The van der Waals surface area contributed by atoms with E-state index in [1.165, 1.54) is 5.56 Å². The fraction of sp³-hybridized carbons (Fsp3) is 0. The Morgan fingerprint density at radius 1 is 0.778 bits per heavy atom. The first kappa shape index (κ1) is 27.1. The highest BCUT2D eigenvalue weighted by Gasteiger charge is 1.96. The smallest absolute Gasteiger partial charge is 0.291 e. The number of rotatable bonds is 0.